The third-order valence-corrected chi connectivity index (χ3v) is 7.61. The summed E-state index contributed by atoms with van der Waals surface area (Å²) in [6, 6.07) is 28.7. The second-order valence-electron chi connectivity index (χ2n) is 6.93. The van der Waals surface area contributed by atoms with E-state index in [4.69, 9.17) is 4.74 Å². The molecule has 1 unspecified atom stereocenters. The van der Waals surface area contributed by atoms with E-state index in [1.807, 2.05) is 55.6 Å². The first kappa shape index (κ1) is 17.4. The number of carbonyl (C=O) groups is 1. The molecule has 3 aromatic carbocycles. The van der Waals surface area contributed by atoms with Crippen molar-refractivity contribution in [2.24, 2.45) is 0 Å². The number of benzene rings is 3. The molecule has 1 atom stereocenters. The average molecular weight is 432 g/mol. The number of likely N-dealkylation sites (N-methyl/N-ethyl adjacent to an activating group) is 1. The molecule has 3 nitrogen and oxygen atoms in total. The molecule has 0 saturated carbocycles. The first-order valence-electron chi connectivity index (χ1n) is 9.25. The summed E-state index contributed by atoms with van der Waals surface area (Å²) >= 11 is 0.0896. The molecule has 0 aliphatic carbocycles. The third kappa shape index (κ3) is 2.50. The summed E-state index contributed by atoms with van der Waals surface area (Å²) in [5.74, 6) is -0.00795. The minimum absolute atomic E-state index is 0.00795. The zero-order valence-electron chi connectivity index (χ0n) is 15.5. The van der Waals surface area contributed by atoms with Crippen LogP contribution in [0.4, 0.5) is 5.69 Å². The molecular formula is C24H19NO2Se. The average Bonchev–Trinajstić information content (AvgIpc) is 3.22. The molecular weight excluding hydrogens is 413 g/mol. The van der Waals surface area contributed by atoms with Crippen LogP contribution in [0.25, 0.3) is 5.57 Å². The Hall–Kier alpha value is -2.65. The number of carbonyl (C=O) groups excluding carboxylic acids is 1. The van der Waals surface area contributed by atoms with Crippen molar-refractivity contribution >= 4 is 36.6 Å². The predicted molar refractivity (Wildman–Crippen MR) is 113 cm³/mol. The molecule has 2 heterocycles. The van der Waals surface area contributed by atoms with E-state index in [1.54, 1.807) is 4.90 Å². The third-order valence-electron chi connectivity index (χ3n) is 5.35. The SMILES string of the molecule is CN1C(=O)C2(OCC([Se]c3ccccc3)=C2c2ccccc2)c2ccccc21. The summed E-state index contributed by atoms with van der Waals surface area (Å²) in [6.45, 7) is 0.479. The molecule has 5 rings (SSSR count). The van der Waals surface area contributed by atoms with E-state index < -0.39 is 5.60 Å². The van der Waals surface area contributed by atoms with Crippen LogP contribution in [0.2, 0.25) is 0 Å². The number of fused-ring (bicyclic) bond motifs is 2. The van der Waals surface area contributed by atoms with E-state index in [1.165, 1.54) is 8.93 Å². The molecule has 138 valence electrons. The number of nitrogens with zero attached hydrogens (tertiary/aromatic N) is 1. The van der Waals surface area contributed by atoms with Gasteiger partial charge in [-0.25, -0.2) is 0 Å². The van der Waals surface area contributed by atoms with Crippen LogP contribution in [-0.2, 0) is 15.1 Å². The van der Waals surface area contributed by atoms with E-state index >= 15 is 0 Å². The van der Waals surface area contributed by atoms with Crippen molar-refractivity contribution in [2.45, 2.75) is 5.60 Å². The number of rotatable bonds is 3. The first-order chi connectivity index (χ1) is 13.7. The van der Waals surface area contributed by atoms with E-state index in [0.717, 1.165) is 22.4 Å². The van der Waals surface area contributed by atoms with Crippen molar-refractivity contribution in [2.75, 3.05) is 18.6 Å². The molecule has 0 radical (unpaired) electrons. The van der Waals surface area contributed by atoms with Crippen LogP contribution in [0.1, 0.15) is 11.1 Å². The topological polar surface area (TPSA) is 29.5 Å². The summed E-state index contributed by atoms with van der Waals surface area (Å²) < 4.78 is 8.92. The summed E-state index contributed by atoms with van der Waals surface area (Å²) in [5, 5.41) is 0. The molecule has 4 heteroatoms. The van der Waals surface area contributed by atoms with Crippen molar-refractivity contribution in [1.29, 1.82) is 0 Å². The number of para-hydroxylation sites is 1. The van der Waals surface area contributed by atoms with Gasteiger partial charge in [0.25, 0.3) is 0 Å². The molecule has 2 aliphatic rings. The van der Waals surface area contributed by atoms with Gasteiger partial charge in [0.05, 0.1) is 0 Å². The van der Waals surface area contributed by atoms with Gasteiger partial charge in [-0.3, -0.25) is 0 Å². The Morgan fingerprint density at radius 3 is 2.29 bits per heavy atom. The van der Waals surface area contributed by atoms with Crippen molar-refractivity contribution in [3.05, 3.63) is 101 Å². The second-order valence-corrected chi connectivity index (χ2v) is 9.38. The Morgan fingerprint density at radius 2 is 1.54 bits per heavy atom. The van der Waals surface area contributed by atoms with Gasteiger partial charge < -0.3 is 0 Å². The van der Waals surface area contributed by atoms with Crippen molar-refractivity contribution in [3.8, 4) is 0 Å². The van der Waals surface area contributed by atoms with Gasteiger partial charge in [0.2, 0.25) is 0 Å². The van der Waals surface area contributed by atoms with Gasteiger partial charge in [0, 0.05) is 0 Å². The van der Waals surface area contributed by atoms with E-state index in [9.17, 15) is 4.79 Å². The van der Waals surface area contributed by atoms with Gasteiger partial charge >= 0.3 is 171 Å². The van der Waals surface area contributed by atoms with Crippen LogP contribution in [-0.4, -0.2) is 34.5 Å². The minimum atomic E-state index is -1.04. The quantitative estimate of drug-likeness (QED) is 0.595. The summed E-state index contributed by atoms with van der Waals surface area (Å²) in [5.41, 5.74) is 2.91. The summed E-state index contributed by atoms with van der Waals surface area (Å²) in [7, 11) is 1.84. The van der Waals surface area contributed by atoms with Gasteiger partial charge in [-0.05, 0) is 0 Å². The van der Waals surface area contributed by atoms with Gasteiger partial charge in [-0.15, -0.1) is 0 Å². The first-order valence-corrected chi connectivity index (χ1v) is 11.0. The fourth-order valence-electron chi connectivity index (χ4n) is 4.10. The molecule has 3 aromatic rings. The maximum absolute atomic E-state index is 13.5. The fraction of sp³-hybridized carbons (Fsp3) is 0.125. The van der Waals surface area contributed by atoms with Gasteiger partial charge in [0.1, 0.15) is 0 Å². The van der Waals surface area contributed by atoms with Crippen molar-refractivity contribution in [3.63, 3.8) is 0 Å². The molecule has 1 spiro atoms. The zero-order chi connectivity index (χ0) is 19.1. The van der Waals surface area contributed by atoms with Crippen LogP contribution in [0.3, 0.4) is 0 Å². The van der Waals surface area contributed by atoms with Gasteiger partial charge in [-0.2, -0.15) is 0 Å². The second kappa shape index (κ2) is 6.75. The molecule has 0 bridgehead atoms. The van der Waals surface area contributed by atoms with E-state index in [2.05, 4.69) is 36.4 Å². The monoisotopic (exact) mass is 433 g/mol. The molecule has 0 aromatic heterocycles. The van der Waals surface area contributed by atoms with Crippen molar-refractivity contribution in [1.82, 2.24) is 0 Å². The van der Waals surface area contributed by atoms with Gasteiger partial charge in [0.15, 0.2) is 0 Å². The van der Waals surface area contributed by atoms with Crippen LogP contribution < -0.4 is 9.36 Å². The molecule has 0 N–H and O–H groups in total. The van der Waals surface area contributed by atoms with E-state index in [0.29, 0.717) is 6.61 Å². The fourth-order valence-corrected chi connectivity index (χ4v) is 6.32. The van der Waals surface area contributed by atoms with Crippen molar-refractivity contribution < 1.29 is 9.53 Å². The standard InChI is InChI=1S/C24H19NO2Se/c1-25-20-15-9-8-14-19(20)24(23(25)26)22(17-10-4-2-5-11-17)21(16-27-24)28-18-12-6-3-7-13-18/h2-15H,16H2,1H3. The Labute approximate surface area is 170 Å². The number of anilines is 1. The maximum atomic E-state index is 13.5. The Bertz CT molecular complexity index is 1080. The molecule has 28 heavy (non-hydrogen) atoms. The number of hydrogen-bond acceptors (Lipinski definition) is 2. The van der Waals surface area contributed by atoms with E-state index in [-0.39, 0.29) is 20.9 Å². The number of amides is 1. The molecule has 2 aliphatic heterocycles. The summed E-state index contributed by atoms with van der Waals surface area (Å²) in [4.78, 5) is 15.3. The Balaban J connectivity index is 1.74. The van der Waals surface area contributed by atoms with Gasteiger partial charge in [-0.1, -0.05) is 0 Å². The molecule has 1 amide bonds. The van der Waals surface area contributed by atoms with Crippen LogP contribution in [0.5, 0.6) is 0 Å². The Kier molecular flexibility index (Phi) is 4.21. The number of ether oxygens (including phenoxy) is 1. The Morgan fingerprint density at radius 1 is 0.893 bits per heavy atom. The van der Waals surface area contributed by atoms with Crippen LogP contribution in [0, 0.1) is 0 Å². The summed E-state index contributed by atoms with van der Waals surface area (Å²) in [6.07, 6.45) is 0. The normalized spacial score (nSPS) is 20.9. The predicted octanol–water partition coefficient (Wildman–Crippen LogP) is 3.33. The molecule has 0 fully saturated rings. The van der Waals surface area contributed by atoms with Crippen LogP contribution >= 0.6 is 0 Å². The number of hydrogen-bond donors (Lipinski definition) is 0. The zero-order valence-corrected chi connectivity index (χ0v) is 17.2. The van der Waals surface area contributed by atoms with Crippen LogP contribution in [0.15, 0.2) is 89.4 Å². The molecule has 0 saturated heterocycles.